The third-order valence-corrected chi connectivity index (χ3v) is 4.26. The van der Waals surface area contributed by atoms with Gasteiger partial charge in [0.25, 0.3) is 5.97 Å². The minimum Gasteiger partial charge on any atom is -0.331 e. The van der Waals surface area contributed by atoms with E-state index in [1.165, 1.54) is 32.1 Å². The number of unbranched alkanes of at least 4 members (excludes halogenated alkanes) is 4. The van der Waals surface area contributed by atoms with Crippen LogP contribution in [0.4, 0.5) is 0 Å². The molecular formula is C15H31BrO3. The molecule has 0 saturated heterocycles. The second kappa shape index (κ2) is 12.1. The highest BCUT2D eigenvalue weighted by Crippen LogP contribution is 2.32. The quantitative estimate of drug-likeness (QED) is 0.276. The first-order chi connectivity index (χ1) is 9.20. The zero-order valence-electron chi connectivity index (χ0n) is 13.0. The first kappa shape index (κ1) is 19.4. The maximum Gasteiger partial charge on any atom is 0.285 e. The van der Waals surface area contributed by atoms with Crippen LogP contribution < -0.4 is 0 Å². The lowest BCUT2D eigenvalue weighted by atomic mass is 9.93. The van der Waals surface area contributed by atoms with Crippen molar-refractivity contribution >= 4 is 15.9 Å². The van der Waals surface area contributed by atoms with Crippen LogP contribution in [0.2, 0.25) is 0 Å². The van der Waals surface area contributed by atoms with E-state index in [4.69, 9.17) is 14.2 Å². The van der Waals surface area contributed by atoms with Crippen molar-refractivity contribution in [2.24, 2.45) is 5.92 Å². The molecule has 0 amide bonds. The van der Waals surface area contributed by atoms with Crippen molar-refractivity contribution < 1.29 is 14.2 Å². The van der Waals surface area contributed by atoms with E-state index in [2.05, 4.69) is 22.9 Å². The van der Waals surface area contributed by atoms with Crippen LogP contribution in [0.25, 0.3) is 0 Å². The minimum atomic E-state index is -0.882. The van der Waals surface area contributed by atoms with Crippen LogP contribution in [0.1, 0.15) is 58.3 Å². The SMILES string of the molecule is CCCCCCCC(CCCBr)C(OC)(OC)OC. The minimum absolute atomic E-state index is 0.284. The summed E-state index contributed by atoms with van der Waals surface area (Å²) in [6, 6.07) is 0. The molecule has 0 aliphatic rings. The zero-order valence-corrected chi connectivity index (χ0v) is 14.6. The maximum absolute atomic E-state index is 5.51. The molecule has 116 valence electrons. The average molecular weight is 339 g/mol. The van der Waals surface area contributed by atoms with Gasteiger partial charge in [-0.15, -0.1) is 0 Å². The molecule has 3 nitrogen and oxygen atoms in total. The summed E-state index contributed by atoms with van der Waals surface area (Å²) < 4.78 is 16.5. The highest BCUT2D eigenvalue weighted by molar-refractivity contribution is 9.09. The molecule has 0 radical (unpaired) electrons. The summed E-state index contributed by atoms with van der Waals surface area (Å²) in [7, 11) is 4.97. The standard InChI is InChI=1S/C15H31BrO3/c1-5-6-7-8-9-11-14(12-10-13-16)15(17-2,18-3)19-4/h14H,5-13H2,1-4H3. The Morgan fingerprint density at radius 3 is 1.84 bits per heavy atom. The van der Waals surface area contributed by atoms with Crippen LogP contribution in [-0.2, 0) is 14.2 Å². The maximum atomic E-state index is 5.51. The fraction of sp³-hybridized carbons (Fsp3) is 1.00. The summed E-state index contributed by atoms with van der Waals surface area (Å²) in [5, 5.41) is 1.01. The Balaban J connectivity index is 4.34. The molecule has 0 aromatic carbocycles. The van der Waals surface area contributed by atoms with Crippen LogP contribution in [0, 0.1) is 5.92 Å². The van der Waals surface area contributed by atoms with Crippen LogP contribution in [-0.4, -0.2) is 32.6 Å². The Morgan fingerprint density at radius 2 is 1.37 bits per heavy atom. The molecule has 0 aliphatic heterocycles. The highest BCUT2D eigenvalue weighted by atomic mass is 79.9. The third-order valence-electron chi connectivity index (χ3n) is 3.70. The van der Waals surface area contributed by atoms with Crippen molar-refractivity contribution in [1.82, 2.24) is 0 Å². The summed E-state index contributed by atoms with van der Waals surface area (Å²) in [4.78, 5) is 0. The van der Waals surface area contributed by atoms with Gasteiger partial charge in [0.1, 0.15) is 0 Å². The molecule has 0 aromatic rings. The molecule has 4 heteroatoms. The summed E-state index contributed by atoms with van der Waals surface area (Å²) in [6.07, 6.45) is 9.68. The van der Waals surface area contributed by atoms with E-state index in [1.807, 2.05) is 0 Å². The van der Waals surface area contributed by atoms with E-state index in [-0.39, 0.29) is 5.92 Å². The monoisotopic (exact) mass is 338 g/mol. The van der Waals surface area contributed by atoms with Crippen LogP contribution in [0.5, 0.6) is 0 Å². The van der Waals surface area contributed by atoms with Crippen molar-refractivity contribution in [2.45, 2.75) is 64.3 Å². The van der Waals surface area contributed by atoms with E-state index in [0.717, 1.165) is 24.6 Å². The summed E-state index contributed by atoms with van der Waals surface area (Å²) >= 11 is 3.49. The largest absolute Gasteiger partial charge is 0.331 e. The molecule has 0 aliphatic carbocycles. The van der Waals surface area contributed by atoms with E-state index < -0.39 is 5.97 Å². The molecule has 1 atom stereocenters. The van der Waals surface area contributed by atoms with Gasteiger partial charge < -0.3 is 14.2 Å². The van der Waals surface area contributed by atoms with Crippen molar-refractivity contribution in [2.75, 3.05) is 26.7 Å². The molecule has 0 N–H and O–H groups in total. The number of halogens is 1. The van der Waals surface area contributed by atoms with Gasteiger partial charge in [0.05, 0.1) is 0 Å². The number of alkyl halides is 1. The van der Waals surface area contributed by atoms with Gasteiger partial charge in [-0.25, -0.2) is 0 Å². The first-order valence-corrected chi connectivity index (χ1v) is 8.54. The predicted molar refractivity (Wildman–Crippen MR) is 83.7 cm³/mol. The molecule has 0 fully saturated rings. The van der Waals surface area contributed by atoms with Crippen LogP contribution in [0.3, 0.4) is 0 Å². The van der Waals surface area contributed by atoms with E-state index >= 15 is 0 Å². The van der Waals surface area contributed by atoms with E-state index in [0.29, 0.717) is 0 Å². The average Bonchev–Trinajstić information content (AvgIpc) is 2.45. The van der Waals surface area contributed by atoms with Gasteiger partial charge in [-0.05, 0) is 19.3 Å². The topological polar surface area (TPSA) is 27.7 Å². The molecule has 19 heavy (non-hydrogen) atoms. The lowest BCUT2D eigenvalue weighted by Gasteiger charge is -2.36. The van der Waals surface area contributed by atoms with Crippen molar-refractivity contribution in [3.63, 3.8) is 0 Å². The van der Waals surface area contributed by atoms with Crippen LogP contribution >= 0.6 is 15.9 Å². The van der Waals surface area contributed by atoms with Gasteiger partial charge in [-0.2, -0.15) is 0 Å². The van der Waals surface area contributed by atoms with Gasteiger partial charge in [-0.3, -0.25) is 0 Å². The third kappa shape index (κ3) is 7.07. The summed E-state index contributed by atoms with van der Waals surface area (Å²) in [5.41, 5.74) is 0. The first-order valence-electron chi connectivity index (χ1n) is 7.42. The van der Waals surface area contributed by atoms with Crippen molar-refractivity contribution in [3.8, 4) is 0 Å². The Bertz CT molecular complexity index is 188. The molecular weight excluding hydrogens is 308 g/mol. The number of methoxy groups -OCH3 is 3. The second-order valence-corrected chi connectivity index (χ2v) is 5.74. The predicted octanol–water partition coefficient (Wildman–Crippen LogP) is 4.73. The second-order valence-electron chi connectivity index (χ2n) is 4.95. The van der Waals surface area contributed by atoms with E-state index in [9.17, 15) is 0 Å². The van der Waals surface area contributed by atoms with Gasteiger partial charge in [-0.1, -0.05) is 55.0 Å². The molecule has 0 saturated carbocycles. The normalized spacial score (nSPS) is 13.7. The fourth-order valence-corrected chi connectivity index (χ4v) is 2.89. The Morgan fingerprint density at radius 1 is 0.842 bits per heavy atom. The number of rotatable bonds is 13. The highest BCUT2D eigenvalue weighted by Gasteiger charge is 2.39. The van der Waals surface area contributed by atoms with Crippen molar-refractivity contribution in [1.29, 1.82) is 0 Å². The molecule has 1 unspecified atom stereocenters. The number of hydrogen-bond donors (Lipinski definition) is 0. The van der Waals surface area contributed by atoms with Crippen LogP contribution in [0.15, 0.2) is 0 Å². The van der Waals surface area contributed by atoms with Gasteiger partial charge >= 0.3 is 0 Å². The molecule has 0 spiro atoms. The van der Waals surface area contributed by atoms with Gasteiger partial charge in [0, 0.05) is 32.6 Å². The Hall–Kier alpha value is 0.360. The lowest BCUT2D eigenvalue weighted by molar-refractivity contribution is -0.380. The number of ether oxygens (including phenoxy) is 3. The fourth-order valence-electron chi connectivity index (χ4n) is 2.57. The Kier molecular flexibility index (Phi) is 12.4. The Labute approximate surface area is 127 Å². The van der Waals surface area contributed by atoms with Gasteiger partial charge in [0.2, 0.25) is 0 Å². The molecule has 0 bridgehead atoms. The molecule has 0 heterocycles. The zero-order chi connectivity index (χ0) is 14.6. The number of hydrogen-bond acceptors (Lipinski definition) is 3. The smallest absolute Gasteiger partial charge is 0.285 e. The lowest BCUT2D eigenvalue weighted by Crippen LogP contribution is -2.44. The van der Waals surface area contributed by atoms with Crippen molar-refractivity contribution in [3.05, 3.63) is 0 Å². The summed E-state index contributed by atoms with van der Waals surface area (Å²) in [5.74, 6) is -0.598. The molecule has 0 rings (SSSR count). The summed E-state index contributed by atoms with van der Waals surface area (Å²) in [6.45, 7) is 2.24. The molecule has 0 aromatic heterocycles. The van der Waals surface area contributed by atoms with E-state index in [1.54, 1.807) is 21.3 Å². The van der Waals surface area contributed by atoms with Gasteiger partial charge in [0.15, 0.2) is 0 Å².